The molecule has 3 rings (SSSR count). The minimum atomic E-state index is 0.740. The Morgan fingerprint density at radius 3 is 2.53 bits per heavy atom. The van der Waals surface area contributed by atoms with Crippen LogP contribution in [-0.2, 0) is 6.54 Å². The lowest BCUT2D eigenvalue weighted by atomic mass is 10.2. The van der Waals surface area contributed by atoms with E-state index in [-0.39, 0.29) is 0 Å². The molecule has 0 fully saturated rings. The van der Waals surface area contributed by atoms with Gasteiger partial charge in [0, 0.05) is 18.1 Å². The van der Waals surface area contributed by atoms with E-state index in [2.05, 4.69) is 39.3 Å². The molecule has 0 unspecified atom stereocenters. The van der Waals surface area contributed by atoms with Crippen LogP contribution in [0.15, 0.2) is 55.6 Å². The molecule has 2 heterocycles. The average Bonchev–Trinajstić information content (AvgIpc) is 3.01. The first-order valence-corrected chi connectivity index (χ1v) is 5.31. The SMILES string of the molecule is c1cn(-c2ccc(Cn3cncn3)cc2)cn1. The minimum absolute atomic E-state index is 0.740. The monoisotopic (exact) mass is 225 g/mol. The van der Waals surface area contributed by atoms with E-state index in [1.54, 1.807) is 29.9 Å². The molecule has 0 amide bonds. The second-order valence-electron chi connectivity index (χ2n) is 3.73. The van der Waals surface area contributed by atoms with Gasteiger partial charge in [-0.25, -0.2) is 14.6 Å². The molecule has 1 aromatic carbocycles. The van der Waals surface area contributed by atoms with Crippen LogP contribution in [-0.4, -0.2) is 24.3 Å². The highest BCUT2D eigenvalue weighted by Crippen LogP contribution is 2.09. The molecular formula is C12H11N5. The lowest BCUT2D eigenvalue weighted by Gasteiger charge is -2.04. The zero-order valence-corrected chi connectivity index (χ0v) is 9.14. The van der Waals surface area contributed by atoms with Gasteiger partial charge in [0.25, 0.3) is 0 Å². The lowest BCUT2D eigenvalue weighted by molar-refractivity contribution is 0.685. The van der Waals surface area contributed by atoms with Gasteiger partial charge >= 0.3 is 0 Å². The summed E-state index contributed by atoms with van der Waals surface area (Å²) in [7, 11) is 0. The molecule has 0 aliphatic carbocycles. The third kappa shape index (κ3) is 2.08. The third-order valence-electron chi connectivity index (χ3n) is 2.55. The Balaban J connectivity index is 1.81. The van der Waals surface area contributed by atoms with Gasteiger partial charge in [-0.1, -0.05) is 12.1 Å². The van der Waals surface area contributed by atoms with Crippen LogP contribution in [0.2, 0.25) is 0 Å². The zero-order valence-electron chi connectivity index (χ0n) is 9.14. The van der Waals surface area contributed by atoms with Crippen LogP contribution in [0, 0.1) is 0 Å². The molecule has 84 valence electrons. The number of hydrogen-bond donors (Lipinski definition) is 0. The lowest BCUT2D eigenvalue weighted by Crippen LogP contribution is -2.00. The van der Waals surface area contributed by atoms with Crippen LogP contribution in [0.25, 0.3) is 5.69 Å². The van der Waals surface area contributed by atoms with Gasteiger partial charge in [-0.15, -0.1) is 0 Å². The summed E-state index contributed by atoms with van der Waals surface area (Å²) in [6.45, 7) is 0.740. The summed E-state index contributed by atoms with van der Waals surface area (Å²) >= 11 is 0. The van der Waals surface area contributed by atoms with E-state index in [1.807, 2.05) is 10.8 Å². The Labute approximate surface area is 98.4 Å². The van der Waals surface area contributed by atoms with Gasteiger partial charge in [-0.2, -0.15) is 5.10 Å². The van der Waals surface area contributed by atoms with Gasteiger partial charge in [-0.3, -0.25) is 0 Å². The predicted molar refractivity (Wildman–Crippen MR) is 62.7 cm³/mol. The van der Waals surface area contributed by atoms with Crippen molar-refractivity contribution in [3.8, 4) is 5.69 Å². The van der Waals surface area contributed by atoms with Crippen molar-refractivity contribution in [3.05, 3.63) is 61.2 Å². The normalized spacial score (nSPS) is 10.6. The van der Waals surface area contributed by atoms with Gasteiger partial charge in [0.15, 0.2) is 0 Å². The summed E-state index contributed by atoms with van der Waals surface area (Å²) in [5.74, 6) is 0. The molecule has 0 aliphatic rings. The maximum Gasteiger partial charge on any atom is 0.137 e. The highest BCUT2D eigenvalue weighted by atomic mass is 15.3. The van der Waals surface area contributed by atoms with Crippen molar-refractivity contribution in [2.45, 2.75) is 6.54 Å². The summed E-state index contributed by atoms with van der Waals surface area (Å²) < 4.78 is 3.77. The molecule has 0 spiro atoms. The molecule has 2 aromatic heterocycles. The van der Waals surface area contributed by atoms with Gasteiger partial charge in [0.1, 0.15) is 12.7 Å². The van der Waals surface area contributed by atoms with E-state index in [1.165, 1.54) is 5.56 Å². The van der Waals surface area contributed by atoms with Gasteiger partial charge in [-0.05, 0) is 17.7 Å². The molecule has 3 aromatic rings. The molecule has 0 atom stereocenters. The van der Waals surface area contributed by atoms with Crippen molar-refractivity contribution in [2.24, 2.45) is 0 Å². The quantitative estimate of drug-likeness (QED) is 0.679. The number of aromatic nitrogens is 5. The molecule has 0 saturated heterocycles. The predicted octanol–water partition coefficient (Wildman–Crippen LogP) is 1.51. The Bertz CT molecular complexity index is 566. The van der Waals surface area contributed by atoms with Gasteiger partial charge < -0.3 is 4.57 Å². The second kappa shape index (κ2) is 4.21. The van der Waals surface area contributed by atoms with E-state index in [9.17, 15) is 0 Å². The Morgan fingerprint density at radius 1 is 1.00 bits per heavy atom. The van der Waals surface area contributed by atoms with Crippen molar-refractivity contribution in [2.75, 3.05) is 0 Å². The van der Waals surface area contributed by atoms with Gasteiger partial charge in [0.05, 0.1) is 12.9 Å². The highest BCUT2D eigenvalue weighted by molar-refractivity contribution is 5.34. The van der Waals surface area contributed by atoms with E-state index < -0.39 is 0 Å². The molecule has 0 bridgehead atoms. The maximum atomic E-state index is 4.07. The van der Waals surface area contributed by atoms with Crippen LogP contribution in [0.4, 0.5) is 0 Å². The average molecular weight is 225 g/mol. The first kappa shape index (κ1) is 9.77. The van der Waals surface area contributed by atoms with Crippen LogP contribution in [0.1, 0.15) is 5.56 Å². The van der Waals surface area contributed by atoms with E-state index in [0.717, 1.165) is 12.2 Å². The third-order valence-corrected chi connectivity index (χ3v) is 2.55. The van der Waals surface area contributed by atoms with Crippen molar-refractivity contribution >= 4 is 0 Å². The Kier molecular flexibility index (Phi) is 2.42. The Morgan fingerprint density at radius 2 is 1.88 bits per heavy atom. The fourth-order valence-electron chi connectivity index (χ4n) is 1.69. The summed E-state index contributed by atoms with van der Waals surface area (Å²) in [5, 5.41) is 4.07. The Hall–Kier alpha value is -2.43. The number of nitrogens with zero attached hydrogens (tertiary/aromatic N) is 5. The topological polar surface area (TPSA) is 48.5 Å². The van der Waals surface area contributed by atoms with Crippen LogP contribution in [0.3, 0.4) is 0 Å². The van der Waals surface area contributed by atoms with Crippen molar-refractivity contribution in [1.82, 2.24) is 24.3 Å². The fraction of sp³-hybridized carbons (Fsp3) is 0.0833. The van der Waals surface area contributed by atoms with Crippen molar-refractivity contribution in [1.29, 1.82) is 0 Å². The minimum Gasteiger partial charge on any atom is -0.306 e. The highest BCUT2D eigenvalue weighted by Gasteiger charge is 1.98. The van der Waals surface area contributed by atoms with Gasteiger partial charge in [0.2, 0.25) is 0 Å². The number of rotatable bonds is 3. The smallest absolute Gasteiger partial charge is 0.137 e. The number of benzene rings is 1. The molecule has 0 N–H and O–H groups in total. The number of hydrogen-bond acceptors (Lipinski definition) is 3. The summed E-state index contributed by atoms with van der Waals surface area (Å²) in [6, 6.07) is 8.29. The number of imidazole rings is 1. The standard InChI is InChI=1S/C12H11N5/c1-3-12(16-6-5-13-9-16)4-2-11(1)7-17-10-14-8-15-17/h1-6,8-10H,7H2. The first-order valence-electron chi connectivity index (χ1n) is 5.31. The molecule has 0 saturated carbocycles. The molecule has 0 aliphatic heterocycles. The molecular weight excluding hydrogens is 214 g/mol. The zero-order chi connectivity index (χ0) is 11.5. The largest absolute Gasteiger partial charge is 0.306 e. The van der Waals surface area contributed by atoms with E-state index in [0.29, 0.717) is 0 Å². The second-order valence-corrected chi connectivity index (χ2v) is 3.73. The van der Waals surface area contributed by atoms with Crippen molar-refractivity contribution < 1.29 is 0 Å². The van der Waals surface area contributed by atoms with Crippen LogP contribution < -0.4 is 0 Å². The van der Waals surface area contributed by atoms with Crippen LogP contribution >= 0.6 is 0 Å². The van der Waals surface area contributed by atoms with E-state index >= 15 is 0 Å². The first-order chi connectivity index (χ1) is 8.42. The molecule has 17 heavy (non-hydrogen) atoms. The molecule has 5 heteroatoms. The summed E-state index contributed by atoms with van der Waals surface area (Å²) in [5.41, 5.74) is 2.30. The van der Waals surface area contributed by atoms with Crippen molar-refractivity contribution in [3.63, 3.8) is 0 Å². The van der Waals surface area contributed by atoms with E-state index in [4.69, 9.17) is 0 Å². The summed E-state index contributed by atoms with van der Waals surface area (Å²) in [4.78, 5) is 7.94. The summed E-state index contributed by atoms with van der Waals surface area (Å²) in [6.07, 6.45) is 8.73. The maximum absolute atomic E-state index is 4.07. The fourth-order valence-corrected chi connectivity index (χ4v) is 1.69. The molecule has 5 nitrogen and oxygen atoms in total. The molecule has 0 radical (unpaired) electrons. The van der Waals surface area contributed by atoms with Crippen LogP contribution in [0.5, 0.6) is 0 Å².